The van der Waals surface area contributed by atoms with Crippen LogP contribution in [0.1, 0.15) is 27.3 Å². The Balaban J connectivity index is 2.09. The Labute approximate surface area is 138 Å². The molecule has 124 valence electrons. The highest BCUT2D eigenvalue weighted by molar-refractivity contribution is 9.10. The zero-order chi connectivity index (χ0) is 17.2. The van der Waals surface area contributed by atoms with E-state index < -0.39 is 17.7 Å². The first-order chi connectivity index (χ1) is 10.7. The van der Waals surface area contributed by atoms with Crippen molar-refractivity contribution in [1.29, 1.82) is 0 Å². The summed E-state index contributed by atoms with van der Waals surface area (Å²) in [4.78, 5) is 10.8. The van der Waals surface area contributed by atoms with E-state index >= 15 is 0 Å². The number of carbonyl (C=O) groups is 1. The van der Waals surface area contributed by atoms with Crippen molar-refractivity contribution in [3.8, 4) is 0 Å². The summed E-state index contributed by atoms with van der Waals surface area (Å²) in [7, 11) is 1.57. The van der Waals surface area contributed by atoms with Crippen molar-refractivity contribution < 1.29 is 23.1 Å². The number of nitrogens with one attached hydrogen (secondary N) is 1. The van der Waals surface area contributed by atoms with E-state index in [2.05, 4.69) is 26.3 Å². The van der Waals surface area contributed by atoms with E-state index in [0.717, 1.165) is 6.07 Å². The monoisotopic (exact) mass is 391 g/mol. The molecule has 9 heteroatoms. The number of aryl methyl sites for hydroxylation is 1. The average molecular weight is 392 g/mol. The van der Waals surface area contributed by atoms with Crippen LogP contribution in [0, 0.1) is 0 Å². The first kappa shape index (κ1) is 17.5. The molecule has 23 heavy (non-hydrogen) atoms. The fourth-order valence-electron chi connectivity index (χ4n) is 2.07. The molecule has 0 amide bonds. The van der Waals surface area contributed by atoms with Gasteiger partial charge in [-0.05, 0) is 23.8 Å². The minimum atomic E-state index is -4.44. The summed E-state index contributed by atoms with van der Waals surface area (Å²) < 4.78 is 40.8. The number of carboxylic acid groups (broad SMARTS) is 1. The maximum atomic E-state index is 13.0. The number of carboxylic acids is 1. The van der Waals surface area contributed by atoms with E-state index in [0.29, 0.717) is 10.2 Å². The SMILES string of the molecule is Cn1nc(C(=O)O)cc1CNCc1ccc(Br)cc1C(F)(F)F. The van der Waals surface area contributed by atoms with Crippen LogP contribution in [0.4, 0.5) is 13.2 Å². The van der Waals surface area contributed by atoms with E-state index in [-0.39, 0.29) is 24.3 Å². The van der Waals surface area contributed by atoms with Gasteiger partial charge in [0.05, 0.1) is 11.3 Å². The molecule has 0 aliphatic rings. The number of nitrogens with zero attached hydrogens (tertiary/aromatic N) is 2. The van der Waals surface area contributed by atoms with Crippen LogP contribution >= 0.6 is 15.9 Å². The Hall–Kier alpha value is -1.87. The van der Waals surface area contributed by atoms with Crippen molar-refractivity contribution in [3.05, 3.63) is 51.3 Å². The van der Waals surface area contributed by atoms with Gasteiger partial charge in [-0.25, -0.2) is 4.79 Å². The van der Waals surface area contributed by atoms with Crippen molar-refractivity contribution in [2.24, 2.45) is 7.05 Å². The van der Waals surface area contributed by atoms with Crippen molar-refractivity contribution >= 4 is 21.9 Å². The maximum Gasteiger partial charge on any atom is 0.416 e. The smallest absolute Gasteiger partial charge is 0.416 e. The lowest BCUT2D eigenvalue weighted by molar-refractivity contribution is -0.138. The second-order valence-corrected chi connectivity index (χ2v) is 5.77. The van der Waals surface area contributed by atoms with Crippen LogP contribution in [0.15, 0.2) is 28.7 Å². The van der Waals surface area contributed by atoms with E-state index in [1.807, 2.05) is 0 Å². The van der Waals surface area contributed by atoms with Gasteiger partial charge >= 0.3 is 12.1 Å². The second kappa shape index (κ2) is 6.71. The largest absolute Gasteiger partial charge is 0.476 e. The van der Waals surface area contributed by atoms with Gasteiger partial charge in [0.1, 0.15) is 0 Å². The zero-order valence-corrected chi connectivity index (χ0v) is 13.6. The highest BCUT2D eigenvalue weighted by atomic mass is 79.9. The van der Waals surface area contributed by atoms with Crippen LogP contribution in [0.3, 0.4) is 0 Å². The predicted octanol–water partition coefficient (Wildman–Crippen LogP) is 3.19. The first-order valence-electron chi connectivity index (χ1n) is 6.51. The highest BCUT2D eigenvalue weighted by Crippen LogP contribution is 2.33. The Morgan fingerprint density at radius 3 is 2.61 bits per heavy atom. The number of hydrogen-bond acceptors (Lipinski definition) is 3. The molecule has 0 atom stereocenters. The molecule has 0 unspecified atom stereocenters. The molecule has 0 aliphatic carbocycles. The van der Waals surface area contributed by atoms with Gasteiger partial charge in [0, 0.05) is 24.6 Å². The fourth-order valence-corrected chi connectivity index (χ4v) is 2.43. The second-order valence-electron chi connectivity index (χ2n) is 4.85. The van der Waals surface area contributed by atoms with Crippen LogP contribution in [-0.2, 0) is 26.3 Å². The van der Waals surface area contributed by atoms with Crippen molar-refractivity contribution in [2.45, 2.75) is 19.3 Å². The number of aromatic nitrogens is 2. The van der Waals surface area contributed by atoms with Crippen molar-refractivity contribution in [1.82, 2.24) is 15.1 Å². The van der Waals surface area contributed by atoms with Crippen LogP contribution in [0.25, 0.3) is 0 Å². The van der Waals surface area contributed by atoms with Crippen LogP contribution in [-0.4, -0.2) is 20.9 Å². The van der Waals surface area contributed by atoms with E-state index in [1.54, 1.807) is 13.1 Å². The van der Waals surface area contributed by atoms with Crippen LogP contribution in [0.5, 0.6) is 0 Å². The molecular weight excluding hydrogens is 379 g/mol. The summed E-state index contributed by atoms with van der Waals surface area (Å²) >= 11 is 3.03. The van der Waals surface area contributed by atoms with Gasteiger partial charge in [0.15, 0.2) is 5.69 Å². The van der Waals surface area contributed by atoms with Gasteiger partial charge in [0.25, 0.3) is 0 Å². The lowest BCUT2D eigenvalue weighted by Crippen LogP contribution is -2.18. The van der Waals surface area contributed by atoms with Gasteiger partial charge in [-0.3, -0.25) is 4.68 Å². The first-order valence-corrected chi connectivity index (χ1v) is 7.30. The molecule has 0 aliphatic heterocycles. The molecule has 2 N–H and O–H groups in total. The van der Waals surface area contributed by atoms with Gasteiger partial charge in [-0.1, -0.05) is 22.0 Å². The molecule has 2 aromatic rings. The molecule has 2 rings (SSSR count). The molecular formula is C14H13BrF3N3O2. The maximum absolute atomic E-state index is 13.0. The quantitative estimate of drug-likeness (QED) is 0.821. The Morgan fingerprint density at radius 1 is 1.35 bits per heavy atom. The van der Waals surface area contributed by atoms with E-state index in [9.17, 15) is 18.0 Å². The summed E-state index contributed by atoms with van der Waals surface area (Å²) in [5.74, 6) is -1.15. The molecule has 5 nitrogen and oxygen atoms in total. The number of benzene rings is 1. The molecule has 0 spiro atoms. The summed E-state index contributed by atoms with van der Waals surface area (Å²) in [6.45, 7) is 0.194. The minimum Gasteiger partial charge on any atom is -0.476 e. The molecule has 0 radical (unpaired) electrons. The topological polar surface area (TPSA) is 67.2 Å². The standard InChI is InChI=1S/C14H13BrF3N3O2/c1-21-10(5-12(20-21)13(22)23)7-19-6-8-2-3-9(15)4-11(8)14(16,17)18/h2-5,19H,6-7H2,1H3,(H,22,23). The number of hydrogen-bond donors (Lipinski definition) is 2. The number of halogens is 4. The molecule has 0 saturated carbocycles. The minimum absolute atomic E-state index is 0.00426. The van der Waals surface area contributed by atoms with Crippen LogP contribution < -0.4 is 5.32 Å². The van der Waals surface area contributed by atoms with Gasteiger partial charge in [-0.15, -0.1) is 0 Å². The van der Waals surface area contributed by atoms with Crippen LogP contribution in [0.2, 0.25) is 0 Å². The highest BCUT2D eigenvalue weighted by Gasteiger charge is 2.33. The Kier molecular flexibility index (Phi) is 5.10. The van der Waals surface area contributed by atoms with Gasteiger partial charge in [-0.2, -0.15) is 18.3 Å². The van der Waals surface area contributed by atoms with Gasteiger partial charge in [0.2, 0.25) is 0 Å². The summed E-state index contributed by atoms with van der Waals surface area (Å²) in [5, 5.41) is 15.5. The molecule has 0 bridgehead atoms. The Bertz CT molecular complexity index is 729. The molecule has 1 heterocycles. The number of alkyl halides is 3. The Morgan fingerprint density at radius 2 is 2.04 bits per heavy atom. The third kappa shape index (κ3) is 4.32. The van der Waals surface area contributed by atoms with Crippen molar-refractivity contribution in [2.75, 3.05) is 0 Å². The summed E-state index contributed by atoms with van der Waals surface area (Å²) in [6.07, 6.45) is -4.44. The third-order valence-electron chi connectivity index (χ3n) is 3.19. The lowest BCUT2D eigenvalue weighted by Gasteiger charge is -2.14. The molecule has 1 aromatic heterocycles. The summed E-state index contributed by atoms with van der Waals surface area (Å²) in [6, 6.07) is 5.34. The fraction of sp³-hybridized carbons (Fsp3) is 0.286. The predicted molar refractivity (Wildman–Crippen MR) is 79.9 cm³/mol. The summed E-state index contributed by atoms with van der Waals surface area (Å²) in [5.41, 5.74) is -0.145. The van der Waals surface area contributed by atoms with Crippen molar-refractivity contribution in [3.63, 3.8) is 0 Å². The normalized spacial score (nSPS) is 11.7. The average Bonchev–Trinajstić information content (AvgIpc) is 2.81. The molecule has 1 aromatic carbocycles. The zero-order valence-electron chi connectivity index (χ0n) is 12.0. The van der Waals surface area contributed by atoms with Gasteiger partial charge < -0.3 is 10.4 Å². The molecule has 0 fully saturated rings. The van der Waals surface area contributed by atoms with E-state index in [4.69, 9.17) is 5.11 Å². The third-order valence-corrected chi connectivity index (χ3v) is 3.69. The number of rotatable bonds is 5. The van der Waals surface area contributed by atoms with E-state index in [1.165, 1.54) is 16.8 Å². The molecule has 0 saturated heterocycles. The number of aromatic carboxylic acids is 1. The lowest BCUT2D eigenvalue weighted by atomic mass is 10.1.